The van der Waals surface area contributed by atoms with E-state index in [1.54, 1.807) is 0 Å². The van der Waals surface area contributed by atoms with Crippen LogP contribution in [0.15, 0.2) is 36.4 Å². The number of ether oxygens (including phenoxy) is 1. The Morgan fingerprint density at radius 1 is 0.800 bits per heavy atom. The van der Waals surface area contributed by atoms with E-state index in [0.717, 1.165) is 56.8 Å². The molecule has 0 aliphatic heterocycles. The monoisotopic (exact) mass is 358 g/mol. The van der Waals surface area contributed by atoms with Crippen LogP contribution in [0.4, 0.5) is 0 Å². The maximum Gasteiger partial charge on any atom is 0.119 e. The molecule has 1 nitrogen and oxygen atoms in total. The van der Waals surface area contributed by atoms with Crippen LogP contribution in [0, 0.1) is 0 Å². The molecule has 0 fully saturated rings. The first kappa shape index (κ1) is 19.8. The van der Waals surface area contributed by atoms with Crippen molar-refractivity contribution in [2.24, 2.45) is 0 Å². The van der Waals surface area contributed by atoms with Crippen molar-refractivity contribution in [3.63, 3.8) is 0 Å². The van der Waals surface area contributed by atoms with Crippen LogP contribution in [-0.2, 0) is 19.3 Å². The molecule has 0 atom stereocenters. The standard InChI is InChI=1S/C23H31ClO/c1-4-18-15-21(16-19(5-2)23(18)6-3)20-11-10-12-22(17-20)25-14-9-7-8-13-24/h10-12,15-17H,4-9,13-14H2,1-3H3. The number of aryl methyl sites for hydroxylation is 2. The van der Waals surface area contributed by atoms with E-state index in [9.17, 15) is 0 Å². The number of halogens is 1. The SMILES string of the molecule is CCc1cc(-c2cccc(OCCCCCCl)c2)cc(CC)c1CC. The van der Waals surface area contributed by atoms with Gasteiger partial charge in [0.25, 0.3) is 0 Å². The first-order valence-corrected chi connectivity index (χ1v) is 10.2. The van der Waals surface area contributed by atoms with Gasteiger partial charge in [-0.25, -0.2) is 0 Å². The second-order valence-electron chi connectivity index (χ2n) is 6.46. The second kappa shape index (κ2) is 10.5. The van der Waals surface area contributed by atoms with Crippen molar-refractivity contribution in [1.29, 1.82) is 0 Å². The molecule has 0 aromatic heterocycles. The van der Waals surface area contributed by atoms with Crippen LogP contribution < -0.4 is 4.74 Å². The van der Waals surface area contributed by atoms with Crippen molar-refractivity contribution >= 4 is 11.6 Å². The lowest BCUT2D eigenvalue weighted by molar-refractivity contribution is 0.306. The van der Waals surface area contributed by atoms with Gasteiger partial charge < -0.3 is 4.74 Å². The molecule has 0 aliphatic carbocycles. The number of rotatable bonds is 10. The fourth-order valence-electron chi connectivity index (χ4n) is 3.38. The van der Waals surface area contributed by atoms with Crippen molar-refractivity contribution < 1.29 is 4.74 Å². The Morgan fingerprint density at radius 3 is 2.12 bits per heavy atom. The zero-order valence-electron chi connectivity index (χ0n) is 15.9. The smallest absolute Gasteiger partial charge is 0.119 e. The van der Waals surface area contributed by atoms with E-state index in [0.29, 0.717) is 0 Å². The highest BCUT2D eigenvalue weighted by Crippen LogP contribution is 2.29. The minimum absolute atomic E-state index is 0.739. The molecule has 0 radical (unpaired) electrons. The van der Waals surface area contributed by atoms with Gasteiger partial charge in [-0.2, -0.15) is 0 Å². The zero-order valence-corrected chi connectivity index (χ0v) is 16.7. The Hall–Kier alpha value is -1.47. The summed E-state index contributed by atoms with van der Waals surface area (Å²) in [5.74, 6) is 1.70. The van der Waals surface area contributed by atoms with Gasteiger partial charge in [0.05, 0.1) is 6.61 Å². The summed E-state index contributed by atoms with van der Waals surface area (Å²) in [4.78, 5) is 0. The lowest BCUT2D eigenvalue weighted by Crippen LogP contribution is -2.00. The summed E-state index contributed by atoms with van der Waals surface area (Å²) < 4.78 is 5.93. The van der Waals surface area contributed by atoms with Gasteiger partial charge in [0, 0.05) is 5.88 Å². The van der Waals surface area contributed by atoms with E-state index in [1.807, 2.05) is 6.07 Å². The average Bonchev–Trinajstić information content (AvgIpc) is 2.66. The third-order valence-electron chi connectivity index (χ3n) is 4.76. The fourth-order valence-corrected chi connectivity index (χ4v) is 3.57. The van der Waals surface area contributed by atoms with Crippen LogP contribution in [0.1, 0.15) is 56.7 Å². The minimum Gasteiger partial charge on any atom is -0.494 e. The molecule has 2 heteroatoms. The first-order chi connectivity index (χ1) is 12.2. The van der Waals surface area contributed by atoms with Crippen molar-refractivity contribution in [3.8, 4) is 16.9 Å². The Kier molecular flexibility index (Phi) is 8.34. The van der Waals surface area contributed by atoms with Gasteiger partial charge in [0.15, 0.2) is 0 Å². The molecule has 0 amide bonds. The normalized spacial score (nSPS) is 10.9. The molecule has 0 unspecified atom stereocenters. The lowest BCUT2D eigenvalue weighted by Gasteiger charge is -2.15. The number of hydrogen-bond acceptors (Lipinski definition) is 1. The van der Waals surface area contributed by atoms with Crippen LogP contribution in [0.25, 0.3) is 11.1 Å². The molecule has 0 saturated carbocycles. The molecule has 0 aliphatic rings. The first-order valence-electron chi connectivity index (χ1n) is 9.67. The predicted octanol–water partition coefficient (Wildman–Crippen LogP) is 6.83. The predicted molar refractivity (Wildman–Crippen MR) is 110 cm³/mol. The second-order valence-corrected chi connectivity index (χ2v) is 6.84. The summed E-state index contributed by atoms with van der Waals surface area (Å²) in [5, 5.41) is 0. The molecule has 0 N–H and O–H groups in total. The number of benzene rings is 2. The van der Waals surface area contributed by atoms with Crippen LogP contribution >= 0.6 is 11.6 Å². The van der Waals surface area contributed by atoms with Gasteiger partial charge in [-0.3, -0.25) is 0 Å². The maximum atomic E-state index is 5.93. The Bertz CT molecular complexity index is 638. The third kappa shape index (κ3) is 5.51. The largest absolute Gasteiger partial charge is 0.494 e. The Balaban J connectivity index is 2.19. The van der Waals surface area contributed by atoms with Crippen molar-refractivity contribution in [1.82, 2.24) is 0 Å². The molecule has 0 heterocycles. The summed E-state index contributed by atoms with van der Waals surface area (Å²) in [6, 6.07) is 13.2. The van der Waals surface area contributed by atoms with E-state index < -0.39 is 0 Å². The van der Waals surface area contributed by atoms with Gasteiger partial charge in [0.1, 0.15) is 5.75 Å². The average molecular weight is 359 g/mol. The summed E-state index contributed by atoms with van der Waals surface area (Å²) in [5.41, 5.74) is 7.03. The van der Waals surface area contributed by atoms with Gasteiger partial charge >= 0.3 is 0 Å². The molecule has 0 bridgehead atoms. The van der Waals surface area contributed by atoms with Crippen molar-refractivity contribution in [2.45, 2.75) is 59.3 Å². The van der Waals surface area contributed by atoms with Crippen molar-refractivity contribution in [3.05, 3.63) is 53.1 Å². The third-order valence-corrected chi connectivity index (χ3v) is 5.03. The number of unbranched alkanes of at least 4 members (excludes halogenated alkanes) is 2. The molecule has 25 heavy (non-hydrogen) atoms. The highest BCUT2D eigenvalue weighted by Gasteiger charge is 2.09. The summed E-state index contributed by atoms with van der Waals surface area (Å²) >= 11 is 5.72. The Morgan fingerprint density at radius 2 is 1.52 bits per heavy atom. The van der Waals surface area contributed by atoms with Gasteiger partial charge in [-0.15, -0.1) is 11.6 Å². The van der Waals surface area contributed by atoms with Crippen LogP contribution in [0.5, 0.6) is 5.75 Å². The fraction of sp³-hybridized carbons (Fsp3) is 0.478. The molecule has 2 aromatic carbocycles. The summed E-state index contributed by atoms with van der Waals surface area (Å²) in [6.45, 7) is 7.51. The summed E-state index contributed by atoms with van der Waals surface area (Å²) in [7, 11) is 0. The van der Waals surface area contributed by atoms with Gasteiger partial charge in [0.2, 0.25) is 0 Å². The van der Waals surface area contributed by atoms with Crippen molar-refractivity contribution in [2.75, 3.05) is 12.5 Å². The summed E-state index contributed by atoms with van der Waals surface area (Å²) in [6.07, 6.45) is 6.53. The zero-order chi connectivity index (χ0) is 18.1. The van der Waals surface area contributed by atoms with Crippen LogP contribution in [0.3, 0.4) is 0 Å². The van der Waals surface area contributed by atoms with Crippen LogP contribution in [0.2, 0.25) is 0 Å². The van der Waals surface area contributed by atoms with E-state index in [4.69, 9.17) is 16.3 Å². The van der Waals surface area contributed by atoms with E-state index >= 15 is 0 Å². The topological polar surface area (TPSA) is 9.23 Å². The number of hydrogen-bond donors (Lipinski definition) is 0. The van der Waals surface area contributed by atoms with E-state index in [1.165, 1.54) is 27.8 Å². The van der Waals surface area contributed by atoms with Crippen LogP contribution in [-0.4, -0.2) is 12.5 Å². The minimum atomic E-state index is 0.739. The maximum absolute atomic E-state index is 5.93. The highest BCUT2D eigenvalue weighted by atomic mass is 35.5. The molecule has 2 rings (SSSR count). The Labute approximate surface area is 158 Å². The molecular formula is C23H31ClO. The van der Waals surface area contributed by atoms with E-state index in [-0.39, 0.29) is 0 Å². The molecule has 0 saturated heterocycles. The van der Waals surface area contributed by atoms with E-state index in [2.05, 4.69) is 51.1 Å². The lowest BCUT2D eigenvalue weighted by atomic mass is 9.90. The molecular weight excluding hydrogens is 328 g/mol. The number of alkyl halides is 1. The highest BCUT2D eigenvalue weighted by molar-refractivity contribution is 6.17. The molecule has 136 valence electrons. The molecule has 0 spiro atoms. The molecule has 2 aromatic rings. The van der Waals surface area contributed by atoms with Gasteiger partial charge in [-0.05, 0) is 78.5 Å². The van der Waals surface area contributed by atoms with Gasteiger partial charge in [-0.1, -0.05) is 45.0 Å². The quantitative estimate of drug-likeness (QED) is 0.334.